The van der Waals surface area contributed by atoms with Crippen molar-refractivity contribution in [3.05, 3.63) is 76.2 Å². The topological polar surface area (TPSA) is 105 Å². The number of nitrogens with one attached hydrogen (secondary N) is 1. The van der Waals surface area contributed by atoms with Crippen LogP contribution in [-0.4, -0.2) is 48.0 Å². The normalized spacial score (nSPS) is 14.2. The van der Waals surface area contributed by atoms with E-state index in [0.717, 1.165) is 23.3 Å². The Morgan fingerprint density at radius 3 is 2.56 bits per heavy atom. The Morgan fingerprint density at radius 1 is 1.18 bits per heavy atom. The maximum Gasteiger partial charge on any atom is 0.265 e. The van der Waals surface area contributed by atoms with E-state index in [-0.39, 0.29) is 17.7 Å². The molecule has 0 radical (unpaired) electrons. The van der Waals surface area contributed by atoms with Gasteiger partial charge in [0.2, 0.25) is 0 Å². The number of hydrogen-bond donors (Lipinski definition) is 2. The van der Waals surface area contributed by atoms with E-state index >= 15 is 0 Å². The highest BCUT2D eigenvalue weighted by atomic mass is 35.5. The van der Waals surface area contributed by atoms with Crippen LogP contribution in [0, 0.1) is 0 Å². The predicted octanol–water partition coefficient (Wildman–Crippen LogP) is 3.43. The Kier molecular flexibility index (Phi) is 8.56. The van der Waals surface area contributed by atoms with E-state index in [1.54, 1.807) is 4.90 Å². The highest BCUT2D eigenvalue weighted by Crippen LogP contribution is 2.28. The first-order valence-corrected chi connectivity index (χ1v) is 11.1. The molecular formula is C25H27ClN4O4. The molecule has 34 heavy (non-hydrogen) atoms. The molecule has 2 aromatic carbocycles. The van der Waals surface area contributed by atoms with Crippen LogP contribution < -0.4 is 15.0 Å². The number of halogens is 1. The number of nitrogens with zero attached hydrogens (tertiary/aromatic N) is 3. The van der Waals surface area contributed by atoms with Gasteiger partial charge in [0.05, 0.1) is 12.2 Å². The number of ether oxygens (including phenoxy) is 1. The van der Waals surface area contributed by atoms with Crippen LogP contribution in [0.1, 0.15) is 28.9 Å². The van der Waals surface area contributed by atoms with E-state index in [1.165, 1.54) is 0 Å². The fourth-order valence-electron chi connectivity index (χ4n) is 3.69. The number of aliphatic hydroxyl groups excluding tert-OH is 1. The summed E-state index contributed by atoms with van der Waals surface area (Å²) < 4.78 is 5.87. The summed E-state index contributed by atoms with van der Waals surface area (Å²) in [6.45, 7) is 1.78. The number of aryl methyl sites for hydroxylation is 1. The largest absolute Gasteiger partial charge is 0.480 e. The van der Waals surface area contributed by atoms with Crippen molar-refractivity contribution in [2.24, 2.45) is 0 Å². The average Bonchev–Trinajstić information content (AvgIpc) is 2.85. The van der Waals surface area contributed by atoms with Gasteiger partial charge in [0.1, 0.15) is 29.3 Å². The van der Waals surface area contributed by atoms with Gasteiger partial charge >= 0.3 is 0 Å². The molecular weight excluding hydrogens is 456 g/mol. The number of para-hydroxylation sites is 1. The molecule has 0 aliphatic carbocycles. The van der Waals surface area contributed by atoms with Gasteiger partial charge in [-0.25, -0.2) is 9.97 Å². The molecule has 2 N–H and O–H groups in total. The molecule has 2 heterocycles. The van der Waals surface area contributed by atoms with Crippen LogP contribution in [0.25, 0.3) is 0 Å². The summed E-state index contributed by atoms with van der Waals surface area (Å²) in [4.78, 5) is 31.3. The van der Waals surface area contributed by atoms with Gasteiger partial charge < -0.3 is 24.9 Å². The molecule has 9 heteroatoms. The molecule has 1 atom stereocenters. The van der Waals surface area contributed by atoms with Gasteiger partial charge in [-0.05, 0) is 42.2 Å². The van der Waals surface area contributed by atoms with Crippen LogP contribution in [0.5, 0.6) is 5.75 Å². The van der Waals surface area contributed by atoms with Crippen LogP contribution in [-0.2, 0) is 29.0 Å². The van der Waals surface area contributed by atoms with Crippen molar-refractivity contribution in [2.75, 3.05) is 24.3 Å². The van der Waals surface area contributed by atoms with Crippen molar-refractivity contribution in [3.8, 4) is 5.75 Å². The highest BCUT2D eigenvalue weighted by Gasteiger charge is 2.25. The van der Waals surface area contributed by atoms with E-state index in [9.17, 15) is 9.90 Å². The van der Waals surface area contributed by atoms with Crippen molar-refractivity contribution in [2.45, 2.75) is 32.0 Å². The van der Waals surface area contributed by atoms with Crippen LogP contribution >= 0.6 is 11.6 Å². The summed E-state index contributed by atoms with van der Waals surface area (Å²) in [5.41, 5.74) is 3.31. The van der Waals surface area contributed by atoms with Gasteiger partial charge in [0.15, 0.2) is 6.10 Å². The molecule has 3 aromatic rings. The average molecular weight is 483 g/mol. The molecule has 1 aromatic heterocycles. The van der Waals surface area contributed by atoms with Crippen molar-refractivity contribution in [3.63, 3.8) is 0 Å². The molecule has 4 rings (SSSR count). The fraction of sp³-hybridized carbons (Fsp3) is 0.280. The van der Waals surface area contributed by atoms with E-state index in [1.807, 2.05) is 69.4 Å². The quantitative estimate of drug-likeness (QED) is 0.518. The number of benzene rings is 2. The summed E-state index contributed by atoms with van der Waals surface area (Å²) >= 11 is 6.24. The van der Waals surface area contributed by atoms with Gasteiger partial charge in [-0.1, -0.05) is 41.9 Å². The maximum atomic E-state index is 12.7. The van der Waals surface area contributed by atoms with Gasteiger partial charge in [0.25, 0.3) is 5.91 Å². The first-order valence-electron chi connectivity index (χ1n) is 10.7. The number of hydrogen-bond acceptors (Lipinski definition) is 7. The number of aliphatic hydroxyl groups is 1. The number of carbonyl (C=O) groups excluding carboxylic acids is 2. The van der Waals surface area contributed by atoms with E-state index in [0.29, 0.717) is 35.7 Å². The highest BCUT2D eigenvalue weighted by molar-refractivity contribution is 6.30. The fourth-order valence-corrected chi connectivity index (χ4v) is 3.93. The number of carbonyl (C=O) groups is 2. The minimum atomic E-state index is -0.505. The lowest BCUT2D eigenvalue weighted by molar-refractivity contribution is -0.123. The molecule has 178 valence electrons. The number of rotatable bonds is 6. The summed E-state index contributed by atoms with van der Waals surface area (Å²) in [6.07, 6.45) is 1.44. The minimum absolute atomic E-state index is 0.155. The Bertz CT molecular complexity index is 1140. The molecule has 1 amide bonds. The van der Waals surface area contributed by atoms with Crippen LogP contribution in [0.2, 0.25) is 5.15 Å². The second-order valence-corrected chi connectivity index (χ2v) is 8.26. The standard InChI is InChI=1S/C24H25ClN4O3.CH2O/c1-29(2)23-18(14-30)22(25)27-21(28-23)13-15-7-10-17(11-8-15)26-24(31)20-12-9-16-5-3-4-6-19(16)32-20;1-2/h3-8,10-11,20,30H,9,12-14H2,1-2H3,(H,26,31);1H2/t20-;/m0./s1. The zero-order valence-corrected chi connectivity index (χ0v) is 19.9. The van der Waals surface area contributed by atoms with Gasteiger partial charge in [-0.3, -0.25) is 4.79 Å². The molecule has 1 aliphatic heterocycles. The second kappa shape index (κ2) is 11.6. The Hall–Kier alpha value is -3.49. The van der Waals surface area contributed by atoms with Crippen molar-refractivity contribution in [1.82, 2.24) is 9.97 Å². The van der Waals surface area contributed by atoms with Crippen molar-refractivity contribution >= 4 is 35.8 Å². The number of amides is 1. The summed E-state index contributed by atoms with van der Waals surface area (Å²) in [7, 11) is 3.68. The lowest BCUT2D eigenvalue weighted by Crippen LogP contribution is -2.35. The Labute approximate surface area is 203 Å². The SMILES string of the molecule is C=O.CN(C)c1nc(Cc2ccc(NC(=O)[C@@H]3CCc4ccccc4O3)cc2)nc(Cl)c1CO. The van der Waals surface area contributed by atoms with Gasteiger partial charge in [-0.15, -0.1) is 0 Å². The number of fused-ring (bicyclic) bond motifs is 1. The molecule has 0 saturated carbocycles. The summed E-state index contributed by atoms with van der Waals surface area (Å²) in [5.74, 6) is 1.78. The monoisotopic (exact) mass is 482 g/mol. The first kappa shape index (κ1) is 25.1. The predicted molar refractivity (Wildman–Crippen MR) is 131 cm³/mol. The third-order valence-electron chi connectivity index (χ3n) is 5.36. The zero-order chi connectivity index (χ0) is 24.7. The lowest BCUT2D eigenvalue weighted by Gasteiger charge is -2.25. The third-order valence-corrected chi connectivity index (χ3v) is 5.67. The number of aromatic nitrogens is 2. The molecule has 1 aliphatic rings. The first-order chi connectivity index (χ1) is 16.4. The van der Waals surface area contributed by atoms with E-state index in [4.69, 9.17) is 21.1 Å². The summed E-state index contributed by atoms with van der Waals surface area (Å²) in [5, 5.41) is 12.7. The van der Waals surface area contributed by atoms with Crippen molar-refractivity contribution < 1.29 is 19.4 Å². The van der Waals surface area contributed by atoms with Gasteiger partial charge in [-0.2, -0.15) is 0 Å². The van der Waals surface area contributed by atoms with Crippen molar-refractivity contribution in [1.29, 1.82) is 0 Å². The molecule has 0 unspecified atom stereocenters. The molecule has 8 nitrogen and oxygen atoms in total. The zero-order valence-electron chi connectivity index (χ0n) is 19.1. The smallest absolute Gasteiger partial charge is 0.265 e. The molecule has 0 bridgehead atoms. The summed E-state index contributed by atoms with van der Waals surface area (Å²) in [6, 6.07) is 15.3. The lowest BCUT2D eigenvalue weighted by atomic mass is 10.0. The van der Waals surface area contributed by atoms with E-state index in [2.05, 4.69) is 15.3 Å². The molecule has 0 saturated heterocycles. The maximum absolute atomic E-state index is 12.7. The third kappa shape index (κ3) is 5.89. The van der Waals surface area contributed by atoms with Crippen LogP contribution in [0.3, 0.4) is 0 Å². The van der Waals surface area contributed by atoms with E-state index < -0.39 is 6.10 Å². The molecule has 0 spiro atoms. The molecule has 0 fully saturated rings. The van der Waals surface area contributed by atoms with Crippen LogP contribution in [0.4, 0.5) is 11.5 Å². The minimum Gasteiger partial charge on any atom is -0.480 e. The Balaban J connectivity index is 0.00000158. The Morgan fingerprint density at radius 2 is 1.88 bits per heavy atom. The number of anilines is 2. The second-order valence-electron chi connectivity index (χ2n) is 7.90. The van der Waals surface area contributed by atoms with Crippen LogP contribution in [0.15, 0.2) is 48.5 Å². The van der Waals surface area contributed by atoms with Gasteiger partial charge in [0, 0.05) is 26.2 Å².